The predicted molar refractivity (Wildman–Crippen MR) is 190 cm³/mol. The molecular weight excluding hydrogens is 661 g/mol. The maximum absolute atomic E-state index is 15.8. The van der Waals surface area contributed by atoms with Crippen LogP contribution in [0.1, 0.15) is 57.4 Å². The van der Waals surface area contributed by atoms with Gasteiger partial charge in [0, 0.05) is 24.4 Å². The molecule has 0 amide bonds. The van der Waals surface area contributed by atoms with Crippen LogP contribution in [0, 0.1) is 11.8 Å². The van der Waals surface area contributed by atoms with E-state index in [0.717, 1.165) is 19.4 Å². The molecule has 2 aliphatic rings. The highest BCUT2D eigenvalue weighted by Crippen LogP contribution is 2.41. The molecule has 2 N–H and O–H groups in total. The number of rotatable bonds is 8. The molecule has 1 aromatic heterocycles. The third kappa shape index (κ3) is 8.87. The second-order valence-corrected chi connectivity index (χ2v) is 18.7. The Bertz CT molecular complexity index is 1720. The van der Waals surface area contributed by atoms with Gasteiger partial charge >= 0.3 is 6.18 Å². The van der Waals surface area contributed by atoms with Crippen LogP contribution in [0.5, 0.6) is 5.75 Å². The van der Waals surface area contributed by atoms with Crippen LogP contribution in [-0.4, -0.2) is 80.6 Å². The van der Waals surface area contributed by atoms with Gasteiger partial charge in [0.1, 0.15) is 19.1 Å². The van der Waals surface area contributed by atoms with Crippen molar-refractivity contribution in [2.45, 2.75) is 89.0 Å². The molecule has 6 nitrogen and oxygen atoms in total. The first kappa shape index (κ1) is 36.5. The summed E-state index contributed by atoms with van der Waals surface area (Å²) in [5.41, 5.74) is 0.803. The van der Waals surface area contributed by atoms with E-state index in [-0.39, 0.29) is 29.4 Å². The molecule has 0 saturated carbocycles. The highest BCUT2D eigenvalue weighted by atomic mass is 32.1. The van der Waals surface area contributed by atoms with Crippen molar-refractivity contribution in [3.8, 4) is 17.6 Å². The zero-order valence-corrected chi connectivity index (χ0v) is 30.4. The monoisotopic (exact) mass is 707 g/mol. The highest BCUT2D eigenvalue weighted by molar-refractivity contribution is 7.70. The van der Waals surface area contributed by atoms with Crippen molar-refractivity contribution in [3.63, 3.8) is 0 Å². The van der Waals surface area contributed by atoms with Crippen LogP contribution in [0.4, 0.5) is 28.9 Å². The Balaban J connectivity index is 1.34. The molecule has 262 valence electrons. The van der Waals surface area contributed by atoms with Crippen molar-refractivity contribution in [2.24, 2.45) is 0 Å². The molecule has 0 spiro atoms. The van der Waals surface area contributed by atoms with Gasteiger partial charge in [-0.15, -0.1) is 11.3 Å². The number of hydrogen-bond donors (Lipinski definition) is 2. The first-order valence-electron chi connectivity index (χ1n) is 16.3. The second kappa shape index (κ2) is 13.9. The van der Waals surface area contributed by atoms with Gasteiger partial charge in [0.2, 0.25) is 0 Å². The number of nitrogens with one attached hydrogen (secondary N) is 2. The summed E-state index contributed by atoms with van der Waals surface area (Å²) >= 11 is 1.20. The fraction of sp³-hybridized carbons (Fsp3) is 0.556. The molecule has 2 aromatic carbocycles. The Morgan fingerprint density at radius 3 is 2.44 bits per heavy atom. The summed E-state index contributed by atoms with van der Waals surface area (Å²) in [5.74, 6) is 6.44. The zero-order valence-electron chi connectivity index (χ0n) is 28.7. The number of anilines is 2. The minimum absolute atomic E-state index is 0.124. The quantitative estimate of drug-likeness (QED) is 0.140. The molecule has 3 heterocycles. The SMILES string of the molecule is COc1cc(P(C)(C)=O)ccc1NCC#Cc1sc2c(N[C@@H]3CCN(C4CC(C)(C)OC(C)(C)C4)C[C@@H]3F)cccc2c1CC(F)(F)F. The van der Waals surface area contributed by atoms with Crippen molar-refractivity contribution in [3.05, 3.63) is 46.8 Å². The highest BCUT2D eigenvalue weighted by Gasteiger charge is 2.43. The topological polar surface area (TPSA) is 62.8 Å². The van der Waals surface area contributed by atoms with Crippen molar-refractivity contribution in [1.82, 2.24) is 4.90 Å². The molecule has 2 fully saturated rings. The van der Waals surface area contributed by atoms with Gasteiger partial charge < -0.3 is 24.7 Å². The lowest BCUT2D eigenvalue weighted by Crippen LogP contribution is -2.57. The first-order valence-corrected chi connectivity index (χ1v) is 19.7. The molecule has 5 rings (SSSR count). The number of alkyl halides is 4. The third-order valence-corrected chi connectivity index (χ3v) is 11.7. The lowest BCUT2D eigenvalue weighted by Gasteiger charge is -2.50. The summed E-state index contributed by atoms with van der Waals surface area (Å²) in [6.45, 7) is 12.9. The number of hydrogen-bond acceptors (Lipinski definition) is 7. The Morgan fingerprint density at radius 1 is 1.10 bits per heavy atom. The van der Waals surface area contributed by atoms with Gasteiger partial charge in [-0.1, -0.05) is 24.0 Å². The van der Waals surface area contributed by atoms with Crippen LogP contribution in [0.3, 0.4) is 0 Å². The molecule has 2 atom stereocenters. The van der Waals surface area contributed by atoms with Gasteiger partial charge in [-0.25, -0.2) is 4.39 Å². The molecule has 0 aliphatic carbocycles. The summed E-state index contributed by atoms with van der Waals surface area (Å²) in [6.07, 6.45) is -4.44. The summed E-state index contributed by atoms with van der Waals surface area (Å²) in [4.78, 5) is 2.56. The fourth-order valence-electron chi connectivity index (χ4n) is 7.10. The molecule has 48 heavy (non-hydrogen) atoms. The molecular formula is C36H46F4N3O3PS. The number of fused-ring (bicyclic) bond motifs is 1. The number of piperidine rings is 1. The van der Waals surface area contributed by atoms with Crippen LogP contribution in [0.2, 0.25) is 0 Å². The lowest BCUT2D eigenvalue weighted by atomic mass is 9.83. The maximum atomic E-state index is 15.8. The van der Waals surface area contributed by atoms with Crippen LogP contribution < -0.4 is 20.7 Å². The third-order valence-electron chi connectivity index (χ3n) is 9.01. The number of ether oxygens (including phenoxy) is 2. The molecule has 0 unspecified atom stereocenters. The minimum Gasteiger partial charge on any atom is -0.495 e. The van der Waals surface area contributed by atoms with Crippen molar-refractivity contribution in [2.75, 3.05) is 50.7 Å². The normalized spacial score (nSPS) is 21.8. The molecule has 2 saturated heterocycles. The Kier molecular flexibility index (Phi) is 10.5. The van der Waals surface area contributed by atoms with E-state index in [1.54, 1.807) is 49.7 Å². The second-order valence-electron chi connectivity index (χ2n) is 14.5. The fourth-order valence-corrected chi connectivity index (χ4v) is 9.14. The van der Waals surface area contributed by atoms with E-state index < -0.39 is 32.0 Å². The number of thiophene rings is 1. The number of likely N-dealkylation sites (tertiary alicyclic amines) is 1. The van der Waals surface area contributed by atoms with E-state index in [2.05, 4.69) is 55.1 Å². The van der Waals surface area contributed by atoms with E-state index in [4.69, 9.17) is 9.47 Å². The van der Waals surface area contributed by atoms with Gasteiger partial charge in [0.15, 0.2) is 0 Å². The number of nitrogens with zero attached hydrogens (tertiary/aromatic N) is 1. The van der Waals surface area contributed by atoms with Gasteiger partial charge in [-0.2, -0.15) is 13.2 Å². The average molecular weight is 708 g/mol. The maximum Gasteiger partial charge on any atom is 0.393 e. The summed E-state index contributed by atoms with van der Waals surface area (Å²) < 4.78 is 81.9. The molecule has 0 bridgehead atoms. The van der Waals surface area contributed by atoms with Crippen LogP contribution in [-0.2, 0) is 15.7 Å². The molecule has 2 aliphatic heterocycles. The zero-order chi connectivity index (χ0) is 35.1. The summed E-state index contributed by atoms with van der Waals surface area (Å²) in [5, 5.41) is 7.66. The first-order chi connectivity index (χ1) is 22.3. The lowest BCUT2D eigenvalue weighted by molar-refractivity contribution is -0.179. The smallest absolute Gasteiger partial charge is 0.393 e. The molecule has 0 radical (unpaired) electrons. The van der Waals surface area contributed by atoms with E-state index in [1.807, 2.05) is 0 Å². The van der Waals surface area contributed by atoms with Crippen LogP contribution in [0.25, 0.3) is 10.1 Å². The number of halogens is 4. The van der Waals surface area contributed by atoms with E-state index in [9.17, 15) is 17.7 Å². The van der Waals surface area contributed by atoms with Gasteiger partial charge in [0.25, 0.3) is 0 Å². The molecule has 12 heteroatoms. The number of benzene rings is 2. The van der Waals surface area contributed by atoms with E-state index in [1.165, 1.54) is 18.4 Å². The summed E-state index contributed by atoms with van der Waals surface area (Å²) in [6, 6.07) is 10.2. The van der Waals surface area contributed by atoms with Crippen molar-refractivity contribution in [1.29, 1.82) is 0 Å². The Hall–Kier alpha value is -2.77. The van der Waals surface area contributed by atoms with E-state index >= 15 is 4.39 Å². The number of methoxy groups -OCH3 is 1. The van der Waals surface area contributed by atoms with Gasteiger partial charge in [-0.05, 0) is 95.5 Å². The standard InChI is InChI=1S/C36H46F4N3O3PS/c1-34(2)19-23(20-35(3,4)46-34)43-17-15-28(27(37)22-43)42-30-11-8-10-25-26(21-36(38,39)40)32(48-33(25)30)12-9-16-41-29-14-13-24(47(6,7)44)18-31(29)45-5/h8,10-11,13-14,18,23,27-28,41-42H,15-17,19-22H2,1-7H3/t27-,28+/m0/s1. The van der Waals surface area contributed by atoms with Gasteiger partial charge in [-0.3, -0.25) is 4.90 Å². The van der Waals surface area contributed by atoms with Gasteiger partial charge in [0.05, 0.1) is 58.3 Å². The average Bonchev–Trinajstić information content (AvgIpc) is 3.30. The van der Waals surface area contributed by atoms with E-state index in [0.29, 0.717) is 50.4 Å². The Labute approximate surface area is 285 Å². The Morgan fingerprint density at radius 2 is 1.81 bits per heavy atom. The predicted octanol–water partition coefficient (Wildman–Crippen LogP) is 8.29. The minimum atomic E-state index is -4.43. The largest absolute Gasteiger partial charge is 0.495 e. The molecule has 3 aromatic rings. The van der Waals surface area contributed by atoms with Crippen molar-refractivity contribution < 1.29 is 31.6 Å². The van der Waals surface area contributed by atoms with Crippen molar-refractivity contribution >= 4 is 45.2 Å². The van der Waals surface area contributed by atoms with Crippen LogP contribution in [0.15, 0.2) is 36.4 Å². The summed E-state index contributed by atoms with van der Waals surface area (Å²) in [7, 11) is -0.969. The van der Waals surface area contributed by atoms with Crippen LogP contribution >= 0.6 is 18.5 Å².